The van der Waals surface area contributed by atoms with Gasteiger partial charge in [-0.1, -0.05) is 32.9 Å². The second-order valence-corrected chi connectivity index (χ2v) is 6.07. The number of benzene rings is 1. The summed E-state index contributed by atoms with van der Waals surface area (Å²) in [5, 5.41) is 2.99. The molecule has 2 amide bonds. The Balaban J connectivity index is 1.83. The smallest absolute Gasteiger partial charge is 0.317 e. The third-order valence-electron chi connectivity index (χ3n) is 3.94. The van der Waals surface area contributed by atoms with Crippen molar-refractivity contribution in [2.45, 2.75) is 27.2 Å². The number of urea groups is 1. The summed E-state index contributed by atoms with van der Waals surface area (Å²) in [6, 6.07) is 8.83. The Labute approximate surface area is 128 Å². The van der Waals surface area contributed by atoms with Gasteiger partial charge >= 0.3 is 6.03 Å². The zero-order chi connectivity index (χ0) is 15.2. The summed E-state index contributed by atoms with van der Waals surface area (Å²) < 4.78 is 0. The maximum Gasteiger partial charge on any atom is 0.317 e. The van der Waals surface area contributed by atoms with Gasteiger partial charge in [-0.3, -0.25) is 0 Å². The van der Waals surface area contributed by atoms with E-state index in [1.807, 2.05) is 4.90 Å². The van der Waals surface area contributed by atoms with E-state index in [1.165, 1.54) is 11.3 Å². The minimum Gasteiger partial charge on any atom is -0.368 e. The Kier molecular flexibility index (Phi) is 5.48. The number of rotatable bonds is 4. The summed E-state index contributed by atoms with van der Waals surface area (Å²) in [7, 11) is 0. The van der Waals surface area contributed by atoms with Gasteiger partial charge in [0, 0.05) is 38.4 Å². The minimum atomic E-state index is 0.0738. The van der Waals surface area contributed by atoms with Crippen LogP contribution in [0, 0.1) is 5.92 Å². The first kappa shape index (κ1) is 15.7. The van der Waals surface area contributed by atoms with Gasteiger partial charge < -0.3 is 15.1 Å². The lowest BCUT2D eigenvalue weighted by atomic mass is 10.1. The van der Waals surface area contributed by atoms with E-state index in [4.69, 9.17) is 0 Å². The molecule has 4 nitrogen and oxygen atoms in total. The molecule has 1 aromatic carbocycles. The van der Waals surface area contributed by atoms with Crippen LogP contribution in [0.4, 0.5) is 10.5 Å². The molecule has 1 aliphatic heterocycles. The van der Waals surface area contributed by atoms with Crippen molar-refractivity contribution in [3.63, 3.8) is 0 Å². The molecule has 1 aromatic rings. The maximum atomic E-state index is 12.0. The fraction of sp³-hybridized carbons (Fsp3) is 0.588. The average Bonchev–Trinajstić information content (AvgIpc) is 2.53. The van der Waals surface area contributed by atoms with Gasteiger partial charge in [0.1, 0.15) is 0 Å². The lowest BCUT2D eigenvalue weighted by Gasteiger charge is -2.36. The molecule has 1 fully saturated rings. The van der Waals surface area contributed by atoms with Crippen molar-refractivity contribution in [1.82, 2.24) is 10.2 Å². The molecule has 0 unspecified atom stereocenters. The molecule has 0 aromatic heterocycles. The summed E-state index contributed by atoms with van der Waals surface area (Å²) in [5.74, 6) is 0.493. The number of carbonyl (C=O) groups is 1. The molecule has 0 spiro atoms. The lowest BCUT2D eigenvalue weighted by molar-refractivity contribution is 0.193. The van der Waals surface area contributed by atoms with Gasteiger partial charge in [0.15, 0.2) is 0 Å². The molecule has 1 saturated heterocycles. The Morgan fingerprint density at radius 1 is 1.14 bits per heavy atom. The average molecular weight is 289 g/mol. The van der Waals surface area contributed by atoms with E-state index in [9.17, 15) is 4.79 Å². The van der Waals surface area contributed by atoms with Crippen LogP contribution in [0.1, 0.15) is 26.3 Å². The van der Waals surface area contributed by atoms with Crippen LogP contribution in [0.5, 0.6) is 0 Å². The van der Waals surface area contributed by atoms with Gasteiger partial charge in [-0.15, -0.1) is 0 Å². The van der Waals surface area contributed by atoms with E-state index >= 15 is 0 Å². The second-order valence-electron chi connectivity index (χ2n) is 6.07. The van der Waals surface area contributed by atoms with E-state index in [1.54, 1.807) is 0 Å². The number of anilines is 1. The third kappa shape index (κ3) is 4.38. The van der Waals surface area contributed by atoms with Crippen LogP contribution in [0.2, 0.25) is 0 Å². The SMILES string of the molecule is CCc1ccc(N2CCN(C(=O)NCC(C)C)CC2)cc1. The minimum absolute atomic E-state index is 0.0738. The van der Waals surface area contributed by atoms with Crippen molar-refractivity contribution in [3.8, 4) is 0 Å². The number of hydrogen-bond acceptors (Lipinski definition) is 2. The molecular weight excluding hydrogens is 262 g/mol. The number of nitrogens with one attached hydrogen (secondary N) is 1. The molecule has 2 rings (SSSR count). The highest BCUT2D eigenvalue weighted by atomic mass is 16.2. The van der Waals surface area contributed by atoms with E-state index in [0.29, 0.717) is 5.92 Å². The molecule has 1 heterocycles. The number of carbonyl (C=O) groups excluding carboxylic acids is 1. The number of hydrogen-bond donors (Lipinski definition) is 1. The number of amides is 2. The molecule has 0 bridgehead atoms. The Hall–Kier alpha value is -1.71. The van der Waals surface area contributed by atoms with Crippen molar-refractivity contribution in [2.24, 2.45) is 5.92 Å². The van der Waals surface area contributed by atoms with Crippen molar-refractivity contribution < 1.29 is 4.79 Å². The first-order valence-corrected chi connectivity index (χ1v) is 7.96. The van der Waals surface area contributed by atoms with E-state index < -0.39 is 0 Å². The first-order chi connectivity index (χ1) is 10.1. The molecule has 4 heteroatoms. The normalized spacial score (nSPS) is 15.4. The van der Waals surface area contributed by atoms with Gasteiger partial charge in [0.25, 0.3) is 0 Å². The highest BCUT2D eigenvalue weighted by molar-refractivity contribution is 5.74. The van der Waals surface area contributed by atoms with Crippen LogP contribution < -0.4 is 10.2 Å². The largest absolute Gasteiger partial charge is 0.368 e. The molecule has 0 saturated carbocycles. The quantitative estimate of drug-likeness (QED) is 0.925. The molecule has 0 aliphatic carbocycles. The van der Waals surface area contributed by atoms with Gasteiger partial charge in [-0.25, -0.2) is 4.79 Å². The van der Waals surface area contributed by atoms with Crippen molar-refractivity contribution >= 4 is 11.7 Å². The van der Waals surface area contributed by atoms with Crippen LogP contribution in [0.15, 0.2) is 24.3 Å². The molecule has 1 N–H and O–H groups in total. The third-order valence-corrected chi connectivity index (χ3v) is 3.94. The van der Waals surface area contributed by atoms with Gasteiger partial charge in [-0.2, -0.15) is 0 Å². The van der Waals surface area contributed by atoms with Crippen LogP contribution in [0.3, 0.4) is 0 Å². The Morgan fingerprint density at radius 3 is 2.29 bits per heavy atom. The summed E-state index contributed by atoms with van der Waals surface area (Å²) in [5.41, 5.74) is 2.62. The van der Waals surface area contributed by atoms with Gasteiger partial charge in [0.2, 0.25) is 0 Å². The predicted octanol–water partition coefficient (Wildman–Crippen LogP) is 2.74. The Morgan fingerprint density at radius 2 is 1.76 bits per heavy atom. The molecular formula is C17H27N3O. The zero-order valence-corrected chi connectivity index (χ0v) is 13.4. The number of nitrogens with zero attached hydrogens (tertiary/aromatic N) is 2. The van der Waals surface area contributed by atoms with Crippen molar-refractivity contribution in [3.05, 3.63) is 29.8 Å². The molecule has 0 radical (unpaired) electrons. The summed E-state index contributed by atoms with van der Waals surface area (Å²) in [6.07, 6.45) is 1.07. The molecule has 1 aliphatic rings. The van der Waals surface area contributed by atoms with Gasteiger partial charge in [-0.05, 0) is 30.0 Å². The highest BCUT2D eigenvalue weighted by Gasteiger charge is 2.21. The summed E-state index contributed by atoms with van der Waals surface area (Å²) in [6.45, 7) is 10.5. The highest BCUT2D eigenvalue weighted by Crippen LogP contribution is 2.17. The first-order valence-electron chi connectivity index (χ1n) is 7.96. The van der Waals surface area contributed by atoms with Crippen molar-refractivity contribution in [2.75, 3.05) is 37.6 Å². The van der Waals surface area contributed by atoms with E-state index in [2.05, 4.69) is 55.3 Å². The molecule has 0 atom stereocenters. The maximum absolute atomic E-state index is 12.0. The lowest BCUT2D eigenvalue weighted by Crippen LogP contribution is -2.52. The zero-order valence-electron chi connectivity index (χ0n) is 13.4. The fourth-order valence-electron chi connectivity index (χ4n) is 2.51. The molecule has 21 heavy (non-hydrogen) atoms. The van der Waals surface area contributed by atoms with Crippen LogP contribution in [-0.4, -0.2) is 43.7 Å². The van der Waals surface area contributed by atoms with E-state index in [-0.39, 0.29) is 6.03 Å². The van der Waals surface area contributed by atoms with E-state index in [0.717, 1.165) is 39.1 Å². The predicted molar refractivity (Wildman–Crippen MR) is 87.8 cm³/mol. The summed E-state index contributed by atoms with van der Waals surface area (Å²) >= 11 is 0. The summed E-state index contributed by atoms with van der Waals surface area (Å²) in [4.78, 5) is 16.3. The van der Waals surface area contributed by atoms with Crippen LogP contribution in [0.25, 0.3) is 0 Å². The van der Waals surface area contributed by atoms with Crippen LogP contribution >= 0.6 is 0 Å². The number of piperazine rings is 1. The van der Waals surface area contributed by atoms with Crippen LogP contribution in [-0.2, 0) is 6.42 Å². The molecule has 116 valence electrons. The van der Waals surface area contributed by atoms with Gasteiger partial charge in [0.05, 0.1) is 0 Å². The standard InChI is InChI=1S/C17H27N3O/c1-4-15-5-7-16(8-6-15)19-9-11-20(12-10-19)17(21)18-13-14(2)3/h5-8,14H,4,9-13H2,1-3H3,(H,18,21). The topological polar surface area (TPSA) is 35.6 Å². The monoisotopic (exact) mass is 289 g/mol. The Bertz CT molecular complexity index is 448. The number of aryl methyl sites for hydroxylation is 1. The van der Waals surface area contributed by atoms with Crippen molar-refractivity contribution in [1.29, 1.82) is 0 Å². The fourth-order valence-corrected chi connectivity index (χ4v) is 2.51. The second kappa shape index (κ2) is 7.34.